The van der Waals surface area contributed by atoms with Crippen LogP contribution in [0.5, 0.6) is 0 Å². The van der Waals surface area contributed by atoms with E-state index in [9.17, 15) is 8.78 Å². The van der Waals surface area contributed by atoms with Crippen LogP contribution >= 0.6 is 0 Å². The molecule has 3 heterocycles. The number of hydrogen-bond acceptors (Lipinski definition) is 3. The fourth-order valence-electron chi connectivity index (χ4n) is 10.2. The Labute approximate surface area is 462 Å². The minimum Gasteiger partial charge on any atom is -0.304 e. The Morgan fingerprint density at radius 1 is 0.395 bits per heavy atom. The number of aromatic nitrogens is 3. The fraction of sp³-hybridized carbons (Fsp3) is 0.0870. The Hall–Kier alpha value is -8.35. The van der Waals surface area contributed by atoms with Crippen LogP contribution in [0.2, 0.25) is 0 Å². The van der Waals surface area contributed by atoms with E-state index < -0.39 is 31.2 Å². The molecule has 12 aromatic rings. The molecular formula is C69H47F3IrN3. The van der Waals surface area contributed by atoms with E-state index in [0.29, 0.717) is 68.9 Å². The van der Waals surface area contributed by atoms with Gasteiger partial charge in [0.05, 0.1) is 0 Å². The SMILES string of the molecule is [2H]C([2H])([2H])c1cc(-c2[c-]cc(F)cc2)ncc1CCc1cc(CCc2cnc(-c3[c-]cc(F)cc3)cc2C([2H])([2H])[2H])cc(-c2cc(F)ccc2-c2cnc(-c3[c-]cccc3)cc2-c2ccc3c4ccccc4c4ccccc4c3c2)c1.[Ir+3]. The molecule has 0 aliphatic carbocycles. The van der Waals surface area contributed by atoms with Gasteiger partial charge in [0.2, 0.25) is 0 Å². The van der Waals surface area contributed by atoms with Crippen molar-refractivity contribution >= 4 is 32.3 Å². The van der Waals surface area contributed by atoms with Crippen molar-refractivity contribution in [3.63, 3.8) is 0 Å². The second-order valence-corrected chi connectivity index (χ2v) is 18.8. The molecule has 0 aliphatic heterocycles. The summed E-state index contributed by atoms with van der Waals surface area (Å²) in [6.45, 7) is -5.03. The average Bonchev–Trinajstić information content (AvgIpc) is 3.63. The van der Waals surface area contributed by atoms with Crippen LogP contribution in [0.25, 0.3) is 99.5 Å². The van der Waals surface area contributed by atoms with Gasteiger partial charge in [-0.2, -0.15) is 0 Å². The average molecular weight is 1170 g/mol. The summed E-state index contributed by atoms with van der Waals surface area (Å²) in [7, 11) is 0. The fourth-order valence-corrected chi connectivity index (χ4v) is 10.2. The van der Waals surface area contributed by atoms with E-state index in [1.54, 1.807) is 18.5 Å². The van der Waals surface area contributed by atoms with E-state index in [2.05, 4.69) is 101 Å². The molecule has 0 atom stereocenters. The molecule has 368 valence electrons. The van der Waals surface area contributed by atoms with Crippen molar-refractivity contribution in [2.45, 2.75) is 39.4 Å². The molecule has 0 radical (unpaired) electrons. The van der Waals surface area contributed by atoms with E-state index in [1.165, 1.54) is 66.0 Å². The summed E-state index contributed by atoms with van der Waals surface area (Å²) in [5.74, 6) is -1.42. The third-order valence-electron chi connectivity index (χ3n) is 14.0. The predicted octanol–water partition coefficient (Wildman–Crippen LogP) is 17.3. The Morgan fingerprint density at radius 2 is 0.908 bits per heavy atom. The maximum Gasteiger partial charge on any atom is 3.00 e. The third-order valence-corrected chi connectivity index (χ3v) is 14.0. The smallest absolute Gasteiger partial charge is 0.304 e. The maximum absolute atomic E-state index is 16.1. The third kappa shape index (κ3) is 10.1. The Kier molecular flexibility index (Phi) is 12.1. The standard InChI is InChI=1S/C69H47F3N3.Ir/c1-43-32-67(48-20-25-54(70)26-21-48)73-40-51(43)18-16-45-34-46(17-19-52-41-74-68(33-44(52)2)49-22-27-55(71)28-23-49)36-53(35-45)63-38-56(72)29-31-62(63)66-42-75-69(47-10-4-3-5-11-47)39-64(66)50-24-30-61-59-14-7-6-12-57(59)58-13-8-9-15-60(58)65(61)37-50;/h3-10,12-15,20,22,24-42H,16-19H2,1-2H3;/q-3;+3/i1D3,2D3;. The first kappa shape index (κ1) is 42.9. The van der Waals surface area contributed by atoms with Gasteiger partial charge in [-0.25, -0.2) is 4.39 Å². The predicted molar refractivity (Wildman–Crippen MR) is 299 cm³/mol. The number of hydrogen-bond donors (Lipinski definition) is 0. The first-order chi connectivity index (χ1) is 39.1. The van der Waals surface area contributed by atoms with Gasteiger partial charge in [-0.1, -0.05) is 114 Å². The van der Waals surface area contributed by atoms with Crippen molar-refractivity contribution in [1.82, 2.24) is 15.0 Å². The van der Waals surface area contributed by atoms with Crippen LogP contribution in [0.4, 0.5) is 13.2 Å². The Balaban J connectivity index is 0.00000705. The van der Waals surface area contributed by atoms with Gasteiger partial charge in [-0.15, -0.1) is 95.6 Å². The number of pyridine rings is 3. The van der Waals surface area contributed by atoms with E-state index >= 15 is 4.39 Å². The summed E-state index contributed by atoms with van der Waals surface area (Å²) in [5.41, 5.74) is 10.4. The number of halogens is 3. The van der Waals surface area contributed by atoms with Crippen molar-refractivity contribution in [2.24, 2.45) is 0 Å². The first-order valence-electron chi connectivity index (χ1n) is 27.7. The summed E-state index contributed by atoms with van der Waals surface area (Å²) >= 11 is 0. The Bertz CT molecular complexity index is 4200. The summed E-state index contributed by atoms with van der Waals surface area (Å²) in [6.07, 6.45) is 6.15. The molecule has 12 rings (SSSR count). The molecule has 0 saturated carbocycles. The van der Waals surface area contributed by atoms with Crippen molar-refractivity contribution < 1.29 is 41.5 Å². The minimum absolute atomic E-state index is 0. The molecule has 0 N–H and O–H groups in total. The molecule has 76 heavy (non-hydrogen) atoms. The van der Waals surface area contributed by atoms with Gasteiger partial charge in [0.1, 0.15) is 5.82 Å². The van der Waals surface area contributed by atoms with Crippen molar-refractivity contribution in [1.29, 1.82) is 0 Å². The van der Waals surface area contributed by atoms with Gasteiger partial charge in [-0.3, -0.25) is 8.78 Å². The van der Waals surface area contributed by atoms with Gasteiger partial charge >= 0.3 is 20.1 Å². The zero-order valence-corrected chi connectivity index (χ0v) is 43.1. The van der Waals surface area contributed by atoms with Gasteiger partial charge in [0, 0.05) is 44.0 Å². The molecular weight excluding hydrogens is 1120 g/mol. The second kappa shape index (κ2) is 21.5. The summed E-state index contributed by atoms with van der Waals surface area (Å²) in [4.78, 5) is 14.2. The van der Waals surface area contributed by atoms with Gasteiger partial charge < -0.3 is 15.0 Å². The minimum atomic E-state index is -2.51. The molecule has 7 heteroatoms. The second-order valence-electron chi connectivity index (χ2n) is 18.8. The topological polar surface area (TPSA) is 38.7 Å². The molecule has 0 spiro atoms. The first-order valence-corrected chi connectivity index (χ1v) is 24.7. The summed E-state index contributed by atoms with van der Waals surface area (Å²) in [6, 6.07) is 63.8. The molecule has 0 unspecified atom stereocenters. The zero-order valence-electron chi connectivity index (χ0n) is 46.7. The van der Waals surface area contributed by atoms with Crippen LogP contribution in [0, 0.1) is 49.4 Å². The van der Waals surface area contributed by atoms with Gasteiger partial charge in [0.25, 0.3) is 0 Å². The quantitative estimate of drug-likeness (QED) is 0.0904. The molecule has 0 saturated heterocycles. The number of rotatable bonds is 12. The monoisotopic (exact) mass is 1170 g/mol. The van der Waals surface area contributed by atoms with Gasteiger partial charge in [-0.05, 0) is 157 Å². The van der Waals surface area contributed by atoms with E-state index in [-0.39, 0.29) is 44.1 Å². The molecule has 0 fully saturated rings. The number of fused-ring (bicyclic) bond motifs is 6. The van der Waals surface area contributed by atoms with Crippen LogP contribution in [0.15, 0.2) is 201 Å². The number of aryl methyl sites for hydroxylation is 6. The molecule has 0 amide bonds. The van der Waals surface area contributed by atoms with Crippen molar-refractivity contribution in [2.75, 3.05) is 0 Å². The summed E-state index contributed by atoms with van der Waals surface area (Å²) < 4.78 is 95.1. The number of benzene rings is 9. The van der Waals surface area contributed by atoms with E-state index in [4.69, 9.17) is 13.2 Å². The molecule has 3 nitrogen and oxygen atoms in total. The van der Waals surface area contributed by atoms with Crippen LogP contribution in [0.1, 0.15) is 41.6 Å². The van der Waals surface area contributed by atoms with E-state index in [1.807, 2.05) is 48.7 Å². The van der Waals surface area contributed by atoms with Gasteiger partial charge in [0.15, 0.2) is 0 Å². The largest absolute Gasteiger partial charge is 3.00 e. The molecule has 0 aliphatic rings. The molecule has 3 aromatic heterocycles. The molecule has 9 aromatic carbocycles. The van der Waals surface area contributed by atoms with Crippen LogP contribution in [-0.4, -0.2) is 15.0 Å². The number of nitrogens with zero attached hydrogens (tertiary/aromatic N) is 3. The van der Waals surface area contributed by atoms with E-state index in [0.717, 1.165) is 60.3 Å². The maximum atomic E-state index is 16.1. The van der Waals surface area contributed by atoms with Crippen LogP contribution < -0.4 is 0 Å². The zero-order chi connectivity index (χ0) is 56.0. The molecule has 0 bridgehead atoms. The summed E-state index contributed by atoms with van der Waals surface area (Å²) in [5, 5.41) is 6.75. The Morgan fingerprint density at radius 3 is 1.46 bits per heavy atom. The van der Waals surface area contributed by atoms with Crippen LogP contribution in [0.3, 0.4) is 0 Å². The normalized spacial score (nSPS) is 12.8. The van der Waals surface area contributed by atoms with Crippen molar-refractivity contribution in [3.05, 3.63) is 270 Å². The van der Waals surface area contributed by atoms with Crippen LogP contribution in [-0.2, 0) is 45.8 Å². The van der Waals surface area contributed by atoms with Crippen molar-refractivity contribution in [3.8, 4) is 67.2 Å².